The van der Waals surface area contributed by atoms with Gasteiger partial charge in [-0.05, 0) is 19.1 Å². The molecule has 0 aliphatic carbocycles. The molecule has 3 rings (SSSR count). The van der Waals surface area contributed by atoms with Gasteiger partial charge in [-0.1, -0.05) is 0 Å². The SMILES string of the molecule is CCN(c1ccc2n[nH]c(=O)n2n1)C1CNC1. The van der Waals surface area contributed by atoms with Crippen LogP contribution in [0.2, 0.25) is 0 Å². The number of likely N-dealkylation sites (N-methyl/N-ethyl adjacent to an activating group) is 1. The van der Waals surface area contributed by atoms with Gasteiger partial charge in [0.1, 0.15) is 5.82 Å². The summed E-state index contributed by atoms with van der Waals surface area (Å²) in [5, 5.41) is 13.8. The van der Waals surface area contributed by atoms with Crippen LogP contribution in [-0.4, -0.2) is 45.5 Å². The molecule has 3 heterocycles. The highest BCUT2D eigenvalue weighted by molar-refractivity contribution is 5.46. The Morgan fingerprint density at radius 2 is 2.35 bits per heavy atom. The van der Waals surface area contributed by atoms with Gasteiger partial charge in [0.05, 0.1) is 6.04 Å². The van der Waals surface area contributed by atoms with E-state index in [1.54, 1.807) is 6.07 Å². The number of nitrogens with one attached hydrogen (secondary N) is 2. The van der Waals surface area contributed by atoms with Crippen molar-refractivity contribution in [3.8, 4) is 0 Å². The first kappa shape index (κ1) is 10.3. The average molecular weight is 234 g/mol. The Labute approximate surface area is 97.4 Å². The fourth-order valence-corrected chi connectivity index (χ4v) is 2.05. The zero-order valence-electron chi connectivity index (χ0n) is 9.55. The molecule has 0 unspecified atom stereocenters. The molecule has 2 N–H and O–H groups in total. The zero-order valence-corrected chi connectivity index (χ0v) is 9.55. The molecule has 2 aromatic rings. The second-order valence-corrected chi connectivity index (χ2v) is 4.09. The third-order valence-electron chi connectivity index (χ3n) is 3.10. The molecule has 7 nitrogen and oxygen atoms in total. The average Bonchev–Trinajstić information content (AvgIpc) is 2.65. The van der Waals surface area contributed by atoms with Crippen LogP contribution in [-0.2, 0) is 0 Å². The Morgan fingerprint density at radius 3 is 3.00 bits per heavy atom. The van der Waals surface area contributed by atoms with Crippen molar-refractivity contribution in [2.24, 2.45) is 0 Å². The van der Waals surface area contributed by atoms with Crippen LogP contribution in [0.5, 0.6) is 0 Å². The van der Waals surface area contributed by atoms with Gasteiger partial charge >= 0.3 is 5.69 Å². The van der Waals surface area contributed by atoms with Crippen LogP contribution in [0.1, 0.15) is 6.92 Å². The number of hydrogen-bond acceptors (Lipinski definition) is 5. The summed E-state index contributed by atoms with van der Waals surface area (Å²) in [5.74, 6) is 0.815. The Balaban J connectivity index is 2.03. The monoisotopic (exact) mass is 234 g/mol. The lowest BCUT2D eigenvalue weighted by Crippen LogP contribution is -2.57. The maximum atomic E-state index is 11.4. The van der Waals surface area contributed by atoms with E-state index < -0.39 is 0 Å². The fourth-order valence-electron chi connectivity index (χ4n) is 2.05. The van der Waals surface area contributed by atoms with Crippen LogP contribution < -0.4 is 15.9 Å². The maximum Gasteiger partial charge on any atom is 0.364 e. The maximum absolute atomic E-state index is 11.4. The number of anilines is 1. The van der Waals surface area contributed by atoms with E-state index in [-0.39, 0.29) is 5.69 Å². The van der Waals surface area contributed by atoms with Crippen molar-refractivity contribution in [3.05, 3.63) is 22.6 Å². The van der Waals surface area contributed by atoms with Crippen molar-refractivity contribution in [3.63, 3.8) is 0 Å². The Hall–Kier alpha value is -1.89. The van der Waals surface area contributed by atoms with Crippen molar-refractivity contribution in [2.75, 3.05) is 24.5 Å². The highest BCUT2D eigenvalue weighted by atomic mass is 16.2. The van der Waals surface area contributed by atoms with E-state index in [1.165, 1.54) is 4.52 Å². The van der Waals surface area contributed by atoms with E-state index in [4.69, 9.17) is 0 Å². The molecular weight excluding hydrogens is 220 g/mol. The number of aromatic nitrogens is 4. The van der Waals surface area contributed by atoms with E-state index in [0.29, 0.717) is 11.7 Å². The molecule has 1 aliphatic heterocycles. The minimum Gasteiger partial charge on any atom is -0.350 e. The van der Waals surface area contributed by atoms with Crippen LogP contribution in [0.4, 0.5) is 5.82 Å². The minimum atomic E-state index is -0.301. The van der Waals surface area contributed by atoms with Gasteiger partial charge in [0.25, 0.3) is 0 Å². The Morgan fingerprint density at radius 1 is 1.53 bits per heavy atom. The molecule has 7 heteroatoms. The van der Waals surface area contributed by atoms with Gasteiger partial charge in [-0.3, -0.25) is 0 Å². The second-order valence-electron chi connectivity index (χ2n) is 4.09. The van der Waals surface area contributed by atoms with Crippen molar-refractivity contribution in [1.82, 2.24) is 25.1 Å². The van der Waals surface area contributed by atoms with Crippen molar-refractivity contribution in [2.45, 2.75) is 13.0 Å². The molecule has 0 spiro atoms. The lowest BCUT2D eigenvalue weighted by atomic mass is 10.1. The van der Waals surface area contributed by atoms with E-state index in [9.17, 15) is 4.79 Å². The van der Waals surface area contributed by atoms with E-state index in [1.807, 2.05) is 6.07 Å². The molecule has 17 heavy (non-hydrogen) atoms. The minimum absolute atomic E-state index is 0.301. The fraction of sp³-hybridized carbons (Fsp3) is 0.500. The molecule has 1 fully saturated rings. The van der Waals surface area contributed by atoms with Crippen LogP contribution in [0.15, 0.2) is 16.9 Å². The standard InChI is InChI=1S/C10H14N6O/c1-2-15(7-5-11-6-7)9-4-3-8-12-13-10(17)16(8)14-9/h3-4,7,11H,2,5-6H2,1H3,(H,13,17). The van der Waals surface area contributed by atoms with Crippen molar-refractivity contribution in [1.29, 1.82) is 0 Å². The van der Waals surface area contributed by atoms with Gasteiger partial charge < -0.3 is 10.2 Å². The number of fused-ring (bicyclic) bond motifs is 1. The lowest BCUT2D eigenvalue weighted by Gasteiger charge is -2.38. The first-order valence-corrected chi connectivity index (χ1v) is 5.71. The smallest absolute Gasteiger partial charge is 0.350 e. The molecule has 0 atom stereocenters. The van der Waals surface area contributed by atoms with Crippen LogP contribution in [0.25, 0.3) is 5.65 Å². The van der Waals surface area contributed by atoms with E-state index >= 15 is 0 Å². The van der Waals surface area contributed by atoms with Crippen LogP contribution in [0.3, 0.4) is 0 Å². The molecule has 0 saturated carbocycles. The normalized spacial score (nSPS) is 16.1. The van der Waals surface area contributed by atoms with Gasteiger partial charge in [-0.15, -0.1) is 5.10 Å². The van der Waals surface area contributed by atoms with E-state index in [0.717, 1.165) is 25.5 Å². The second kappa shape index (κ2) is 3.85. The quantitative estimate of drug-likeness (QED) is 0.728. The summed E-state index contributed by atoms with van der Waals surface area (Å²) in [6.45, 7) is 4.89. The molecule has 0 bridgehead atoms. The first-order chi connectivity index (χ1) is 8.29. The Kier molecular flexibility index (Phi) is 2.32. The predicted molar refractivity (Wildman–Crippen MR) is 63.3 cm³/mol. The van der Waals surface area contributed by atoms with Crippen LogP contribution in [0, 0.1) is 0 Å². The molecular formula is C10H14N6O. The predicted octanol–water partition coefficient (Wildman–Crippen LogP) is -0.784. The topological polar surface area (TPSA) is 78.3 Å². The molecule has 1 saturated heterocycles. The first-order valence-electron chi connectivity index (χ1n) is 5.71. The molecule has 0 aromatic carbocycles. The van der Waals surface area contributed by atoms with Gasteiger partial charge in [-0.2, -0.15) is 9.61 Å². The third kappa shape index (κ3) is 1.59. The molecule has 90 valence electrons. The molecule has 0 radical (unpaired) electrons. The van der Waals surface area contributed by atoms with E-state index in [2.05, 4.69) is 32.4 Å². The number of hydrogen-bond donors (Lipinski definition) is 2. The molecule has 1 aliphatic rings. The summed E-state index contributed by atoms with van der Waals surface area (Å²) in [5.41, 5.74) is 0.242. The van der Waals surface area contributed by atoms with Gasteiger partial charge in [0.15, 0.2) is 5.65 Å². The summed E-state index contributed by atoms with van der Waals surface area (Å²) in [7, 11) is 0. The molecule has 2 aromatic heterocycles. The van der Waals surface area contributed by atoms with Crippen LogP contribution >= 0.6 is 0 Å². The summed E-state index contributed by atoms with van der Waals surface area (Å²) < 4.78 is 1.30. The third-order valence-corrected chi connectivity index (χ3v) is 3.10. The summed E-state index contributed by atoms with van der Waals surface area (Å²) in [6, 6.07) is 4.17. The van der Waals surface area contributed by atoms with Crippen molar-refractivity contribution >= 4 is 11.5 Å². The lowest BCUT2D eigenvalue weighted by molar-refractivity contribution is 0.414. The number of nitrogens with zero attached hydrogens (tertiary/aromatic N) is 4. The summed E-state index contributed by atoms with van der Waals surface area (Å²) in [4.78, 5) is 13.6. The van der Waals surface area contributed by atoms with Gasteiger partial charge in [0.2, 0.25) is 0 Å². The summed E-state index contributed by atoms with van der Waals surface area (Å²) >= 11 is 0. The van der Waals surface area contributed by atoms with Crippen molar-refractivity contribution < 1.29 is 0 Å². The van der Waals surface area contributed by atoms with Gasteiger partial charge in [-0.25, -0.2) is 9.89 Å². The zero-order chi connectivity index (χ0) is 11.8. The largest absolute Gasteiger partial charge is 0.364 e. The summed E-state index contributed by atoms with van der Waals surface area (Å²) in [6.07, 6.45) is 0. The number of H-pyrrole nitrogens is 1. The Bertz CT molecular complexity index is 584. The highest BCUT2D eigenvalue weighted by Crippen LogP contribution is 2.15. The van der Waals surface area contributed by atoms with Gasteiger partial charge in [0, 0.05) is 19.6 Å². The highest BCUT2D eigenvalue weighted by Gasteiger charge is 2.24. The number of aromatic amines is 1. The molecule has 0 amide bonds. The number of rotatable bonds is 3.